The SMILES string of the molecule is Cc1cccc(NCCCc2cn(-c3ccccc3)nc2C)n1. The van der Waals surface area contributed by atoms with E-state index in [2.05, 4.69) is 40.7 Å². The third kappa shape index (κ3) is 3.97. The lowest BCUT2D eigenvalue weighted by Gasteiger charge is -2.05. The molecule has 4 heteroatoms. The Hall–Kier alpha value is -2.62. The number of aryl methyl sites for hydroxylation is 3. The van der Waals surface area contributed by atoms with Crippen LogP contribution in [0.4, 0.5) is 5.82 Å². The Morgan fingerprint density at radius 1 is 1.00 bits per heavy atom. The number of rotatable bonds is 6. The number of aromatic nitrogens is 3. The molecule has 2 aromatic heterocycles. The lowest BCUT2D eigenvalue weighted by Crippen LogP contribution is -2.05. The van der Waals surface area contributed by atoms with Crippen molar-refractivity contribution in [1.82, 2.24) is 14.8 Å². The van der Waals surface area contributed by atoms with Crippen molar-refractivity contribution >= 4 is 5.82 Å². The van der Waals surface area contributed by atoms with Gasteiger partial charge in [-0.05, 0) is 56.5 Å². The number of para-hydroxylation sites is 1. The number of nitrogens with zero attached hydrogens (tertiary/aromatic N) is 3. The van der Waals surface area contributed by atoms with E-state index < -0.39 is 0 Å². The van der Waals surface area contributed by atoms with E-state index >= 15 is 0 Å². The number of pyridine rings is 1. The molecule has 23 heavy (non-hydrogen) atoms. The molecule has 0 bridgehead atoms. The van der Waals surface area contributed by atoms with Gasteiger partial charge in [0.1, 0.15) is 5.82 Å². The first-order chi connectivity index (χ1) is 11.2. The summed E-state index contributed by atoms with van der Waals surface area (Å²) in [6.45, 7) is 4.99. The quantitative estimate of drug-likeness (QED) is 0.702. The van der Waals surface area contributed by atoms with Crippen LogP contribution in [0.2, 0.25) is 0 Å². The van der Waals surface area contributed by atoms with Crippen molar-refractivity contribution in [2.24, 2.45) is 0 Å². The molecule has 1 aromatic carbocycles. The minimum absolute atomic E-state index is 0.909. The maximum absolute atomic E-state index is 4.61. The van der Waals surface area contributed by atoms with Crippen LogP contribution < -0.4 is 5.32 Å². The van der Waals surface area contributed by atoms with Gasteiger partial charge in [0, 0.05) is 18.4 Å². The lowest BCUT2D eigenvalue weighted by molar-refractivity contribution is 0.852. The summed E-state index contributed by atoms with van der Waals surface area (Å²) in [6.07, 6.45) is 4.20. The van der Waals surface area contributed by atoms with Gasteiger partial charge >= 0.3 is 0 Å². The summed E-state index contributed by atoms with van der Waals surface area (Å²) in [4.78, 5) is 4.45. The Balaban J connectivity index is 1.56. The zero-order valence-electron chi connectivity index (χ0n) is 13.7. The number of benzene rings is 1. The highest BCUT2D eigenvalue weighted by Gasteiger charge is 2.06. The van der Waals surface area contributed by atoms with Gasteiger partial charge in [0.15, 0.2) is 0 Å². The van der Waals surface area contributed by atoms with Gasteiger partial charge in [0.2, 0.25) is 0 Å². The van der Waals surface area contributed by atoms with Gasteiger partial charge in [-0.15, -0.1) is 0 Å². The van der Waals surface area contributed by atoms with Gasteiger partial charge in [0.05, 0.1) is 11.4 Å². The maximum Gasteiger partial charge on any atom is 0.126 e. The molecular weight excluding hydrogens is 284 g/mol. The number of hydrogen-bond acceptors (Lipinski definition) is 3. The number of anilines is 1. The summed E-state index contributed by atoms with van der Waals surface area (Å²) in [7, 11) is 0. The fourth-order valence-electron chi connectivity index (χ4n) is 2.59. The van der Waals surface area contributed by atoms with Crippen LogP contribution in [0, 0.1) is 13.8 Å². The van der Waals surface area contributed by atoms with Crippen LogP contribution in [-0.4, -0.2) is 21.3 Å². The van der Waals surface area contributed by atoms with E-state index in [1.54, 1.807) is 0 Å². The third-order valence-electron chi connectivity index (χ3n) is 3.84. The van der Waals surface area contributed by atoms with E-state index in [-0.39, 0.29) is 0 Å². The monoisotopic (exact) mass is 306 g/mol. The molecule has 0 fully saturated rings. The standard InChI is InChI=1S/C19H22N4/c1-15-8-6-12-19(21-15)20-13-7-9-17-14-23(22-16(17)2)18-10-4-3-5-11-18/h3-6,8,10-12,14H,7,9,13H2,1-2H3,(H,20,21). The van der Waals surface area contributed by atoms with Gasteiger partial charge in [-0.1, -0.05) is 24.3 Å². The topological polar surface area (TPSA) is 42.7 Å². The average Bonchev–Trinajstić information content (AvgIpc) is 2.94. The molecule has 0 amide bonds. The van der Waals surface area contributed by atoms with E-state index in [9.17, 15) is 0 Å². The molecule has 0 aliphatic carbocycles. The van der Waals surface area contributed by atoms with Gasteiger partial charge < -0.3 is 5.32 Å². The zero-order valence-corrected chi connectivity index (χ0v) is 13.7. The summed E-state index contributed by atoms with van der Waals surface area (Å²) in [5, 5.41) is 7.99. The maximum atomic E-state index is 4.61. The molecule has 0 unspecified atom stereocenters. The minimum atomic E-state index is 0.909. The first kappa shape index (κ1) is 15.3. The molecule has 0 spiro atoms. The van der Waals surface area contributed by atoms with E-state index in [0.29, 0.717) is 0 Å². The minimum Gasteiger partial charge on any atom is -0.370 e. The smallest absolute Gasteiger partial charge is 0.126 e. The molecule has 0 aliphatic rings. The second-order valence-corrected chi connectivity index (χ2v) is 5.71. The van der Waals surface area contributed by atoms with Crippen LogP contribution in [0.3, 0.4) is 0 Å². The van der Waals surface area contributed by atoms with E-state index in [4.69, 9.17) is 0 Å². The van der Waals surface area contributed by atoms with Crippen LogP contribution in [0.25, 0.3) is 5.69 Å². The molecule has 0 radical (unpaired) electrons. The Morgan fingerprint density at radius 2 is 1.83 bits per heavy atom. The molecule has 4 nitrogen and oxygen atoms in total. The molecule has 118 valence electrons. The highest BCUT2D eigenvalue weighted by molar-refractivity contribution is 5.35. The van der Waals surface area contributed by atoms with Crippen molar-refractivity contribution in [2.45, 2.75) is 26.7 Å². The highest BCUT2D eigenvalue weighted by atomic mass is 15.3. The van der Waals surface area contributed by atoms with Crippen molar-refractivity contribution in [3.05, 3.63) is 71.7 Å². The number of hydrogen-bond donors (Lipinski definition) is 1. The predicted octanol–water partition coefficient (Wildman–Crippen LogP) is 3.93. The van der Waals surface area contributed by atoms with Crippen LogP contribution >= 0.6 is 0 Å². The van der Waals surface area contributed by atoms with Gasteiger partial charge in [-0.25, -0.2) is 9.67 Å². The third-order valence-corrected chi connectivity index (χ3v) is 3.84. The van der Waals surface area contributed by atoms with Crippen LogP contribution in [0.5, 0.6) is 0 Å². The summed E-state index contributed by atoms with van der Waals surface area (Å²) >= 11 is 0. The van der Waals surface area contributed by atoms with Crippen molar-refractivity contribution in [3.8, 4) is 5.69 Å². The highest BCUT2D eigenvalue weighted by Crippen LogP contribution is 2.13. The molecule has 0 aliphatic heterocycles. The fraction of sp³-hybridized carbons (Fsp3) is 0.263. The van der Waals surface area contributed by atoms with Crippen LogP contribution in [0.1, 0.15) is 23.4 Å². The van der Waals surface area contributed by atoms with Gasteiger partial charge in [-0.2, -0.15) is 5.10 Å². The van der Waals surface area contributed by atoms with Crippen molar-refractivity contribution in [3.63, 3.8) is 0 Å². The second-order valence-electron chi connectivity index (χ2n) is 5.71. The van der Waals surface area contributed by atoms with Crippen molar-refractivity contribution in [1.29, 1.82) is 0 Å². The summed E-state index contributed by atoms with van der Waals surface area (Å²) < 4.78 is 1.96. The van der Waals surface area contributed by atoms with Crippen LogP contribution in [0.15, 0.2) is 54.7 Å². The van der Waals surface area contributed by atoms with Crippen LogP contribution in [-0.2, 0) is 6.42 Å². The van der Waals surface area contributed by atoms with E-state index in [0.717, 1.165) is 42.3 Å². The summed E-state index contributed by atoms with van der Waals surface area (Å²) in [6, 6.07) is 16.3. The lowest BCUT2D eigenvalue weighted by atomic mass is 10.1. The molecule has 0 saturated carbocycles. The molecule has 1 N–H and O–H groups in total. The Labute approximate surface area is 137 Å². The normalized spacial score (nSPS) is 10.7. The number of nitrogens with one attached hydrogen (secondary N) is 1. The first-order valence-electron chi connectivity index (χ1n) is 8.00. The van der Waals surface area contributed by atoms with Crippen molar-refractivity contribution < 1.29 is 0 Å². The zero-order chi connectivity index (χ0) is 16.1. The summed E-state index contributed by atoms with van der Waals surface area (Å²) in [5.74, 6) is 0.946. The molecule has 0 saturated heterocycles. The Kier molecular flexibility index (Phi) is 4.71. The fourth-order valence-corrected chi connectivity index (χ4v) is 2.59. The summed E-state index contributed by atoms with van der Waals surface area (Å²) in [5.41, 5.74) is 4.54. The molecular formula is C19H22N4. The predicted molar refractivity (Wildman–Crippen MR) is 94.1 cm³/mol. The molecule has 0 atom stereocenters. The average molecular weight is 306 g/mol. The first-order valence-corrected chi connectivity index (χ1v) is 8.00. The Bertz CT molecular complexity index is 762. The Morgan fingerprint density at radius 3 is 2.61 bits per heavy atom. The van der Waals surface area contributed by atoms with Gasteiger partial charge in [0.25, 0.3) is 0 Å². The molecule has 3 rings (SSSR count). The second kappa shape index (κ2) is 7.09. The largest absolute Gasteiger partial charge is 0.370 e. The van der Waals surface area contributed by atoms with Crippen molar-refractivity contribution in [2.75, 3.05) is 11.9 Å². The van der Waals surface area contributed by atoms with Gasteiger partial charge in [-0.3, -0.25) is 0 Å². The van der Waals surface area contributed by atoms with E-state index in [1.165, 1.54) is 5.56 Å². The van der Waals surface area contributed by atoms with E-state index in [1.807, 2.05) is 48.0 Å². The molecule has 3 aromatic rings. The molecule has 2 heterocycles.